The molecule has 32 heavy (non-hydrogen) atoms. The standard InChI is InChI=1S/C12H16ClNO3.C11H15NO2.ClH/c1-14(2)7-8-16-12(15)9-17-11-5-3-10(13)4-6-11;1-2-3-8-14-11(13)9-4-6-10(12)7-5-9;/h3-6H,7-9H2,1-2H3;4-7H,2-3,8,12H2,1H3;1H. The van der Waals surface area contributed by atoms with Gasteiger partial charge >= 0.3 is 11.9 Å². The number of carbonyl (C=O) groups is 2. The fourth-order valence-corrected chi connectivity index (χ4v) is 2.19. The Morgan fingerprint density at radius 2 is 1.59 bits per heavy atom. The fourth-order valence-electron chi connectivity index (χ4n) is 2.07. The lowest BCUT2D eigenvalue weighted by molar-refractivity contribution is -0.146. The van der Waals surface area contributed by atoms with E-state index in [1.54, 1.807) is 48.5 Å². The maximum atomic E-state index is 11.4. The minimum Gasteiger partial charge on any atom is -0.482 e. The molecule has 0 aromatic heterocycles. The van der Waals surface area contributed by atoms with E-state index in [2.05, 4.69) is 6.92 Å². The van der Waals surface area contributed by atoms with Crippen molar-refractivity contribution in [3.8, 4) is 5.75 Å². The first-order valence-corrected chi connectivity index (χ1v) is 10.4. The summed E-state index contributed by atoms with van der Waals surface area (Å²) in [6.45, 7) is 3.52. The summed E-state index contributed by atoms with van der Waals surface area (Å²) < 4.78 is 15.2. The summed E-state index contributed by atoms with van der Waals surface area (Å²) in [6.07, 6.45) is 1.93. The Morgan fingerprint density at radius 3 is 2.16 bits per heavy atom. The van der Waals surface area contributed by atoms with Crippen LogP contribution in [0.25, 0.3) is 0 Å². The first-order chi connectivity index (χ1) is 14.8. The number of unbranched alkanes of at least 4 members (excludes halogenated alkanes) is 1. The summed E-state index contributed by atoms with van der Waals surface area (Å²) in [6, 6.07) is 13.5. The van der Waals surface area contributed by atoms with Crippen LogP contribution < -0.4 is 10.5 Å². The van der Waals surface area contributed by atoms with E-state index in [0.717, 1.165) is 12.8 Å². The van der Waals surface area contributed by atoms with Crippen LogP contribution in [-0.2, 0) is 14.3 Å². The van der Waals surface area contributed by atoms with Crippen LogP contribution in [0.1, 0.15) is 30.1 Å². The minimum absolute atomic E-state index is 0. The van der Waals surface area contributed by atoms with Crippen LogP contribution in [0.15, 0.2) is 48.5 Å². The molecule has 0 aliphatic heterocycles. The number of likely N-dealkylation sites (N-methyl/N-ethyl adjacent to an activating group) is 1. The van der Waals surface area contributed by atoms with E-state index in [-0.39, 0.29) is 31.0 Å². The SMILES string of the molecule is CCCCOC(=O)c1ccc(N)cc1.CN(C)CCOC(=O)COc1ccc(Cl)cc1.Cl. The lowest BCUT2D eigenvalue weighted by Gasteiger charge is -2.10. The van der Waals surface area contributed by atoms with E-state index in [4.69, 9.17) is 31.5 Å². The summed E-state index contributed by atoms with van der Waals surface area (Å²) >= 11 is 5.72. The third-order valence-electron chi connectivity index (χ3n) is 3.85. The Kier molecular flexibility index (Phi) is 15.8. The van der Waals surface area contributed by atoms with Crippen molar-refractivity contribution >= 4 is 41.6 Å². The monoisotopic (exact) mass is 486 g/mol. The molecule has 0 spiro atoms. The largest absolute Gasteiger partial charge is 0.482 e. The molecule has 0 radical (unpaired) electrons. The van der Waals surface area contributed by atoms with Crippen LogP contribution in [0, 0.1) is 0 Å². The fraction of sp³-hybridized carbons (Fsp3) is 0.391. The Balaban J connectivity index is 0.000000592. The highest BCUT2D eigenvalue weighted by atomic mass is 35.5. The molecule has 2 aromatic carbocycles. The number of carbonyl (C=O) groups excluding carboxylic acids is 2. The third kappa shape index (κ3) is 13.7. The molecule has 0 unspecified atom stereocenters. The lowest BCUT2D eigenvalue weighted by Crippen LogP contribution is -2.22. The van der Waals surface area contributed by atoms with Gasteiger partial charge in [-0.3, -0.25) is 0 Å². The van der Waals surface area contributed by atoms with Crippen molar-refractivity contribution in [2.45, 2.75) is 19.8 Å². The van der Waals surface area contributed by atoms with Gasteiger partial charge in [-0.05, 0) is 69.0 Å². The quantitative estimate of drug-likeness (QED) is 0.300. The highest BCUT2D eigenvalue weighted by molar-refractivity contribution is 6.30. The number of hydrogen-bond acceptors (Lipinski definition) is 7. The topological polar surface area (TPSA) is 91.1 Å². The van der Waals surface area contributed by atoms with E-state index < -0.39 is 0 Å². The molecule has 178 valence electrons. The van der Waals surface area contributed by atoms with Gasteiger partial charge in [0.2, 0.25) is 0 Å². The van der Waals surface area contributed by atoms with Crippen LogP contribution in [0.4, 0.5) is 5.69 Å². The normalized spacial score (nSPS) is 9.78. The number of nitrogens with two attached hydrogens (primary N) is 1. The van der Waals surface area contributed by atoms with Gasteiger partial charge in [-0.25, -0.2) is 9.59 Å². The Morgan fingerprint density at radius 1 is 0.969 bits per heavy atom. The summed E-state index contributed by atoms with van der Waals surface area (Å²) in [5.74, 6) is -0.0563. The van der Waals surface area contributed by atoms with Crippen molar-refractivity contribution in [1.29, 1.82) is 0 Å². The second-order valence-electron chi connectivity index (χ2n) is 6.88. The minimum atomic E-state index is -0.373. The number of ether oxygens (including phenoxy) is 3. The van der Waals surface area contributed by atoms with Crippen LogP contribution in [-0.4, -0.2) is 57.3 Å². The van der Waals surface area contributed by atoms with Crippen molar-refractivity contribution in [3.63, 3.8) is 0 Å². The Hall–Kier alpha value is -2.48. The highest BCUT2D eigenvalue weighted by Crippen LogP contribution is 2.15. The second kappa shape index (κ2) is 17.1. The molecule has 0 amide bonds. The van der Waals surface area contributed by atoms with Crippen LogP contribution in [0.3, 0.4) is 0 Å². The molecule has 0 bridgehead atoms. The summed E-state index contributed by atoms with van der Waals surface area (Å²) in [4.78, 5) is 24.6. The van der Waals surface area contributed by atoms with Crippen molar-refractivity contribution < 1.29 is 23.8 Å². The lowest BCUT2D eigenvalue weighted by atomic mass is 10.2. The van der Waals surface area contributed by atoms with E-state index >= 15 is 0 Å². The molecule has 0 aliphatic carbocycles. The molecule has 9 heteroatoms. The molecule has 7 nitrogen and oxygen atoms in total. The van der Waals surface area contributed by atoms with Gasteiger partial charge in [0.05, 0.1) is 12.2 Å². The van der Waals surface area contributed by atoms with Gasteiger partial charge in [0, 0.05) is 17.3 Å². The predicted octanol–water partition coefficient (Wildman–Crippen LogP) is 4.47. The third-order valence-corrected chi connectivity index (χ3v) is 4.10. The number of hydrogen-bond donors (Lipinski definition) is 1. The number of nitrogens with zero attached hydrogens (tertiary/aromatic N) is 1. The summed E-state index contributed by atoms with van der Waals surface area (Å²) in [7, 11) is 3.83. The van der Waals surface area contributed by atoms with Gasteiger partial charge in [0.1, 0.15) is 12.4 Å². The average molecular weight is 487 g/mol. The van der Waals surface area contributed by atoms with Crippen molar-refractivity contribution in [2.75, 3.05) is 46.2 Å². The molecular formula is C23H32Cl2N2O5. The highest BCUT2D eigenvalue weighted by Gasteiger charge is 2.05. The first-order valence-electron chi connectivity index (χ1n) is 10.0. The van der Waals surface area contributed by atoms with Gasteiger partial charge in [-0.1, -0.05) is 24.9 Å². The van der Waals surface area contributed by atoms with Gasteiger partial charge < -0.3 is 24.8 Å². The molecule has 0 heterocycles. The maximum absolute atomic E-state index is 11.4. The van der Waals surface area contributed by atoms with Crippen molar-refractivity contribution in [3.05, 3.63) is 59.1 Å². The maximum Gasteiger partial charge on any atom is 0.344 e. The molecular weight excluding hydrogens is 455 g/mol. The number of halogens is 2. The van der Waals surface area contributed by atoms with Crippen molar-refractivity contribution in [1.82, 2.24) is 4.90 Å². The number of anilines is 1. The van der Waals surface area contributed by atoms with E-state index in [1.165, 1.54) is 0 Å². The summed E-state index contributed by atoms with van der Waals surface area (Å²) in [5, 5.41) is 0.630. The second-order valence-corrected chi connectivity index (χ2v) is 7.31. The van der Waals surface area contributed by atoms with Crippen molar-refractivity contribution in [2.24, 2.45) is 0 Å². The number of rotatable bonds is 10. The molecule has 2 aromatic rings. The number of nitrogen functional groups attached to an aromatic ring is 1. The first kappa shape index (κ1) is 29.5. The zero-order valence-electron chi connectivity index (χ0n) is 18.7. The predicted molar refractivity (Wildman–Crippen MR) is 130 cm³/mol. The van der Waals surface area contributed by atoms with Gasteiger partial charge in [0.25, 0.3) is 0 Å². The molecule has 2 rings (SSSR count). The molecule has 2 N–H and O–H groups in total. The van der Waals surface area contributed by atoms with Crippen LogP contribution >= 0.6 is 24.0 Å². The van der Waals surface area contributed by atoms with Gasteiger partial charge in [0.15, 0.2) is 6.61 Å². The van der Waals surface area contributed by atoms with E-state index in [9.17, 15) is 9.59 Å². The molecule has 0 fully saturated rings. The zero-order valence-corrected chi connectivity index (χ0v) is 20.3. The molecule has 0 aliphatic rings. The van der Waals surface area contributed by atoms with E-state index in [0.29, 0.717) is 41.8 Å². The molecule has 0 saturated carbocycles. The zero-order chi connectivity index (χ0) is 23.1. The number of esters is 2. The Bertz CT molecular complexity index is 784. The Labute approximate surface area is 201 Å². The number of benzene rings is 2. The molecule has 0 saturated heterocycles. The van der Waals surface area contributed by atoms with Gasteiger partial charge in [-0.15, -0.1) is 12.4 Å². The van der Waals surface area contributed by atoms with E-state index in [1.807, 2.05) is 19.0 Å². The molecule has 0 atom stereocenters. The average Bonchev–Trinajstić information content (AvgIpc) is 2.74. The van der Waals surface area contributed by atoms with Gasteiger partial charge in [-0.2, -0.15) is 0 Å². The van der Waals surface area contributed by atoms with Crippen LogP contribution in [0.5, 0.6) is 5.75 Å². The summed E-state index contributed by atoms with van der Waals surface area (Å²) in [5.41, 5.74) is 6.70. The van der Waals surface area contributed by atoms with Crippen LogP contribution in [0.2, 0.25) is 5.02 Å². The smallest absolute Gasteiger partial charge is 0.344 e.